The van der Waals surface area contributed by atoms with Gasteiger partial charge in [0.2, 0.25) is 0 Å². The molecule has 0 spiro atoms. The van der Waals surface area contributed by atoms with E-state index in [9.17, 15) is 5.26 Å². The second-order valence-corrected chi connectivity index (χ2v) is 4.30. The lowest BCUT2D eigenvalue weighted by molar-refractivity contribution is 0.204. The lowest BCUT2D eigenvalue weighted by Crippen LogP contribution is -2.44. The second kappa shape index (κ2) is 6.44. The Morgan fingerprint density at radius 3 is 2.94 bits per heavy atom. The van der Waals surface area contributed by atoms with Crippen LogP contribution in [0.1, 0.15) is 18.2 Å². The Balaban J connectivity index is 2.03. The summed E-state index contributed by atoms with van der Waals surface area (Å²) in [6, 6.07) is 1.97. The normalized spacial score (nSPS) is 18.4. The van der Waals surface area contributed by atoms with Crippen molar-refractivity contribution in [3.05, 3.63) is 11.9 Å². The first kappa shape index (κ1) is 13.0. The molecule has 2 heterocycles. The molecule has 0 radical (unpaired) electrons. The molecule has 1 fully saturated rings. The van der Waals surface area contributed by atoms with Crippen molar-refractivity contribution in [3.8, 4) is 6.07 Å². The first-order valence-corrected chi connectivity index (χ1v) is 6.20. The molecule has 0 amide bonds. The van der Waals surface area contributed by atoms with Gasteiger partial charge in [-0.1, -0.05) is 5.21 Å². The Labute approximate surface area is 106 Å². The van der Waals surface area contributed by atoms with Gasteiger partial charge < -0.3 is 10.4 Å². The van der Waals surface area contributed by atoms with E-state index in [2.05, 4.69) is 26.6 Å². The van der Waals surface area contributed by atoms with E-state index in [-0.39, 0.29) is 12.6 Å². The molecule has 7 nitrogen and oxygen atoms in total. The Morgan fingerprint density at radius 1 is 1.50 bits per heavy atom. The summed E-state index contributed by atoms with van der Waals surface area (Å²) in [4.78, 5) is 2.11. The van der Waals surface area contributed by atoms with Crippen LogP contribution in [0.4, 0.5) is 0 Å². The number of rotatable bonds is 5. The number of aromatic nitrogens is 3. The standard InChI is InChI=1S/C11H18N6O/c12-8-11(16-5-2-13-3-6-16)10-9-17(15-14-10)4-1-7-18/h9,11,13,18H,1-7H2. The molecule has 2 N–H and O–H groups in total. The largest absolute Gasteiger partial charge is 0.396 e. The van der Waals surface area contributed by atoms with Gasteiger partial charge in [0.05, 0.1) is 12.3 Å². The van der Waals surface area contributed by atoms with E-state index in [0.717, 1.165) is 26.2 Å². The average molecular weight is 250 g/mol. The van der Waals surface area contributed by atoms with Crippen LogP contribution in [-0.2, 0) is 6.54 Å². The molecule has 1 aromatic heterocycles. The number of nitrogens with zero attached hydrogens (tertiary/aromatic N) is 5. The zero-order chi connectivity index (χ0) is 12.8. The maximum absolute atomic E-state index is 9.29. The van der Waals surface area contributed by atoms with E-state index in [1.54, 1.807) is 10.9 Å². The highest BCUT2D eigenvalue weighted by Gasteiger charge is 2.24. The van der Waals surface area contributed by atoms with Gasteiger partial charge in [0, 0.05) is 39.3 Å². The van der Waals surface area contributed by atoms with Crippen LogP contribution in [0.2, 0.25) is 0 Å². The monoisotopic (exact) mass is 250 g/mol. The van der Waals surface area contributed by atoms with Crippen LogP contribution in [-0.4, -0.2) is 57.8 Å². The molecular formula is C11H18N6O. The maximum Gasteiger partial charge on any atom is 0.144 e. The lowest BCUT2D eigenvalue weighted by atomic mass is 10.2. The van der Waals surface area contributed by atoms with Crippen molar-refractivity contribution >= 4 is 0 Å². The zero-order valence-corrected chi connectivity index (χ0v) is 10.3. The minimum Gasteiger partial charge on any atom is -0.396 e. The van der Waals surface area contributed by atoms with Crippen molar-refractivity contribution in [2.24, 2.45) is 0 Å². The van der Waals surface area contributed by atoms with Crippen molar-refractivity contribution in [1.82, 2.24) is 25.2 Å². The van der Waals surface area contributed by atoms with E-state index in [1.807, 2.05) is 0 Å². The molecule has 1 unspecified atom stereocenters. The van der Waals surface area contributed by atoms with E-state index in [1.165, 1.54) is 0 Å². The number of hydrogen-bond acceptors (Lipinski definition) is 6. The highest BCUT2D eigenvalue weighted by atomic mass is 16.3. The summed E-state index contributed by atoms with van der Waals surface area (Å²) in [5.74, 6) is 0. The molecule has 1 aromatic rings. The van der Waals surface area contributed by atoms with Crippen molar-refractivity contribution in [3.63, 3.8) is 0 Å². The highest BCUT2D eigenvalue weighted by molar-refractivity contribution is 5.11. The minimum atomic E-state index is -0.324. The fourth-order valence-corrected chi connectivity index (χ4v) is 2.06. The highest BCUT2D eigenvalue weighted by Crippen LogP contribution is 2.17. The van der Waals surface area contributed by atoms with E-state index in [4.69, 9.17) is 5.11 Å². The van der Waals surface area contributed by atoms with Crippen LogP contribution in [0.3, 0.4) is 0 Å². The molecule has 2 rings (SSSR count). The van der Waals surface area contributed by atoms with Gasteiger partial charge in [0.15, 0.2) is 0 Å². The van der Waals surface area contributed by atoms with E-state index < -0.39 is 0 Å². The first-order valence-electron chi connectivity index (χ1n) is 6.20. The average Bonchev–Trinajstić information content (AvgIpc) is 2.87. The van der Waals surface area contributed by atoms with Crippen LogP contribution in [0.5, 0.6) is 0 Å². The molecule has 0 aromatic carbocycles. The lowest BCUT2D eigenvalue weighted by Gasteiger charge is -2.29. The maximum atomic E-state index is 9.29. The molecule has 1 aliphatic rings. The molecule has 0 saturated carbocycles. The Morgan fingerprint density at radius 2 is 2.28 bits per heavy atom. The van der Waals surface area contributed by atoms with Crippen molar-refractivity contribution in [1.29, 1.82) is 5.26 Å². The third-order valence-electron chi connectivity index (χ3n) is 3.02. The van der Waals surface area contributed by atoms with Crippen LogP contribution < -0.4 is 5.32 Å². The number of nitriles is 1. The van der Waals surface area contributed by atoms with Gasteiger partial charge in [-0.05, 0) is 6.42 Å². The Kier molecular flexibility index (Phi) is 4.64. The van der Waals surface area contributed by atoms with Gasteiger partial charge in [-0.25, -0.2) is 0 Å². The van der Waals surface area contributed by atoms with Crippen LogP contribution in [0.15, 0.2) is 6.20 Å². The third-order valence-corrected chi connectivity index (χ3v) is 3.02. The summed E-state index contributed by atoms with van der Waals surface area (Å²) in [5, 5.41) is 29.4. The van der Waals surface area contributed by atoms with Crippen LogP contribution in [0.25, 0.3) is 0 Å². The molecule has 0 aliphatic carbocycles. The van der Waals surface area contributed by atoms with Crippen LogP contribution >= 0.6 is 0 Å². The predicted octanol–water partition coefficient (Wildman–Crippen LogP) is -0.870. The third kappa shape index (κ3) is 3.04. The summed E-state index contributed by atoms with van der Waals surface area (Å²) >= 11 is 0. The first-order chi connectivity index (χ1) is 8.85. The number of aryl methyl sites for hydroxylation is 1. The number of nitrogens with one attached hydrogen (secondary N) is 1. The molecule has 18 heavy (non-hydrogen) atoms. The van der Waals surface area contributed by atoms with Gasteiger partial charge >= 0.3 is 0 Å². The molecule has 7 heteroatoms. The fraction of sp³-hybridized carbons (Fsp3) is 0.727. The summed E-state index contributed by atoms with van der Waals surface area (Å²) in [7, 11) is 0. The number of piperazine rings is 1. The Bertz CT molecular complexity index is 406. The van der Waals surface area contributed by atoms with Gasteiger partial charge in [-0.2, -0.15) is 5.26 Å². The van der Waals surface area contributed by atoms with Gasteiger partial charge in [-0.15, -0.1) is 5.10 Å². The van der Waals surface area contributed by atoms with Gasteiger partial charge in [0.25, 0.3) is 0 Å². The minimum absolute atomic E-state index is 0.134. The molecular weight excluding hydrogens is 232 g/mol. The number of aliphatic hydroxyl groups excluding tert-OH is 1. The number of hydrogen-bond donors (Lipinski definition) is 2. The molecule has 98 valence electrons. The second-order valence-electron chi connectivity index (χ2n) is 4.30. The molecule has 1 atom stereocenters. The van der Waals surface area contributed by atoms with Crippen molar-refractivity contribution in [2.75, 3.05) is 32.8 Å². The summed E-state index contributed by atoms with van der Waals surface area (Å²) in [6.07, 6.45) is 2.44. The number of aliphatic hydroxyl groups is 1. The van der Waals surface area contributed by atoms with E-state index >= 15 is 0 Å². The quantitative estimate of drug-likeness (QED) is 0.706. The Hall–Kier alpha value is -1.49. The van der Waals surface area contributed by atoms with Gasteiger partial charge in [0.1, 0.15) is 11.7 Å². The predicted molar refractivity (Wildman–Crippen MR) is 64.5 cm³/mol. The van der Waals surface area contributed by atoms with Crippen molar-refractivity contribution < 1.29 is 5.11 Å². The summed E-state index contributed by atoms with van der Waals surface area (Å²) in [6.45, 7) is 4.26. The SMILES string of the molecule is N#CC(c1cn(CCCO)nn1)N1CCNCC1. The molecule has 1 saturated heterocycles. The van der Waals surface area contributed by atoms with Crippen LogP contribution in [0, 0.1) is 11.3 Å². The molecule has 1 aliphatic heterocycles. The smallest absolute Gasteiger partial charge is 0.144 e. The zero-order valence-electron chi connectivity index (χ0n) is 10.3. The topological polar surface area (TPSA) is 90.0 Å². The molecule has 0 bridgehead atoms. The summed E-state index contributed by atoms with van der Waals surface area (Å²) in [5.41, 5.74) is 0.692. The summed E-state index contributed by atoms with van der Waals surface area (Å²) < 4.78 is 1.68. The van der Waals surface area contributed by atoms with Crippen molar-refractivity contribution in [2.45, 2.75) is 19.0 Å². The fourth-order valence-electron chi connectivity index (χ4n) is 2.06. The van der Waals surface area contributed by atoms with Gasteiger partial charge in [-0.3, -0.25) is 9.58 Å². The van der Waals surface area contributed by atoms with E-state index in [0.29, 0.717) is 18.7 Å².